The number of rotatable bonds is 5. The Morgan fingerprint density at radius 2 is 2.04 bits per heavy atom. The lowest BCUT2D eigenvalue weighted by atomic mass is 10.1. The number of hydrogen-bond donors (Lipinski definition) is 1. The second kappa shape index (κ2) is 6.92. The van der Waals surface area contributed by atoms with E-state index < -0.39 is 0 Å². The fourth-order valence-electron chi connectivity index (χ4n) is 2.59. The number of nitrogens with zero attached hydrogens (tertiary/aromatic N) is 4. The highest BCUT2D eigenvalue weighted by Gasteiger charge is 2.20. The zero-order valence-electron chi connectivity index (χ0n) is 13.3. The van der Waals surface area contributed by atoms with E-state index in [1.807, 2.05) is 34.9 Å². The summed E-state index contributed by atoms with van der Waals surface area (Å²) in [7, 11) is 0. The Morgan fingerprint density at radius 3 is 2.75 bits per heavy atom. The fraction of sp³-hybridized carbons (Fsp3) is 0.222. The van der Waals surface area contributed by atoms with Crippen molar-refractivity contribution in [2.75, 3.05) is 0 Å². The average Bonchev–Trinajstić information content (AvgIpc) is 3.05. The number of benzene rings is 1. The van der Waals surface area contributed by atoms with Gasteiger partial charge in [0.1, 0.15) is 0 Å². The third-order valence-corrected chi connectivity index (χ3v) is 3.81. The van der Waals surface area contributed by atoms with Crippen LogP contribution in [0.5, 0.6) is 0 Å². The van der Waals surface area contributed by atoms with Crippen LogP contribution in [-0.2, 0) is 0 Å². The van der Waals surface area contributed by atoms with Crippen LogP contribution in [0.3, 0.4) is 0 Å². The number of aromatic nitrogens is 3. The van der Waals surface area contributed by atoms with Crippen molar-refractivity contribution < 1.29 is 4.79 Å². The van der Waals surface area contributed by atoms with Crippen LogP contribution in [0.25, 0.3) is 5.65 Å². The summed E-state index contributed by atoms with van der Waals surface area (Å²) in [6.45, 7) is 2.06. The predicted octanol–water partition coefficient (Wildman–Crippen LogP) is 2.87. The lowest BCUT2D eigenvalue weighted by Crippen LogP contribution is -2.29. The number of hydrogen-bond acceptors (Lipinski definition) is 4. The molecule has 0 aliphatic heterocycles. The summed E-state index contributed by atoms with van der Waals surface area (Å²) < 4.78 is 1.89. The zero-order chi connectivity index (χ0) is 16.9. The number of carbonyl (C=O) groups excluding carboxylic acids is 1. The SMILES string of the molecule is CCC[C@H](NC(=O)c1ccc(C#N)cc1)c1nnc2ccccn12. The molecule has 0 radical (unpaired) electrons. The first-order chi connectivity index (χ1) is 11.7. The molecule has 1 aromatic carbocycles. The maximum absolute atomic E-state index is 12.5. The first-order valence-corrected chi connectivity index (χ1v) is 7.83. The van der Waals surface area contributed by atoms with E-state index in [2.05, 4.69) is 22.4 Å². The van der Waals surface area contributed by atoms with Crippen molar-refractivity contribution in [1.82, 2.24) is 19.9 Å². The van der Waals surface area contributed by atoms with Gasteiger partial charge in [0.2, 0.25) is 0 Å². The van der Waals surface area contributed by atoms with Crippen LogP contribution in [0, 0.1) is 11.3 Å². The predicted molar refractivity (Wildman–Crippen MR) is 89.3 cm³/mol. The van der Waals surface area contributed by atoms with Crippen molar-refractivity contribution in [2.45, 2.75) is 25.8 Å². The van der Waals surface area contributed by atoms with Gasteiger partial charge >= 0.3 is 0 Å². The molecule has 120 valence electrons. The monoisotopic (exact) mass is 319 g/mol. The molecule has 1 N–H and O–H groups in total. The molecular weight excluding hydrogens is 302 g/mol. The number of amides is 1. The number of carbonyl (C=O) groups is 1. The minimum Gasteiger partial charge on any atom is -0.342 e. The van der Waals surface area contributed by atoms with Crippen molar-refractivity contribution in [2.24, 2.45) is 0 Å². The molecule has 6 nitrogen and oxygen atoms in total. The maximum Gasteiger partial charge on any atom is 0.251 e. The van der Waals surface area contributed by atoms with E-state index in [0.717, 1.165) is 24.3 Å². The topological polar surface area (TPSA) is 83.1 Å². The summed E-state index contributed by atoms with van der Waals surface area (Å²) in [4.78, 5) is 12.5. The van der Waals surface area contributed by atoms with Crippen LogP contribution in [0.4, 0.5) is 0 Å². The molecule has 24 heavy (non-hydrogen) atoms. The van der Waals surface area contributed by atoms with E-state index in [1.165, 1.54) is 0 Å². The summed E-state index contributed by atoms with van der Waals surface area (Å²) in [6, 6.07) is 14.1. The summed E-state index contributed by atoms with van der Waals surface area (Å²) >= 11 is 0. The molecule has 0 bridgehead atoms. The van der Waals surface area contributed by atoms with Crippen LogP contribution in [0.2, 0.25) is 0 Å². The molecule has 0 unspecified atom stereocenters. The Morgan fingerprint density at radius 1 is 1.25 bits per heavy atom. The van der Waals surface area contributed by atoms with Crippen molar-refractivity contribution in [3.8, 4) is 6.07 Å². The molecule has 1 atom stereocenters. The van der Waals surface area contributed by atoms with Gasteiger partial charge in [-0.25, -0.2) is 0 Å². The van der Waals surface area contributed by atoms with Crippen molar-refractivity contribution in [1.29, 1.82) is 5.26 Å². The second-order valence-corrected chi connectivity index (χ2v) is 5.49. The Bertz CT molecular complexity index is 892. The van der Waals surface area contributed by atoms with Crippen molar-refractivity contribution in [3.63, 3.8) is 0 Å². The molecule has 2 heterocycles. The molecule has 2 aromatic heterocycles. The number of nitriles is 1. The highest BCUT2D eigenvalue weighted by atomic mass is 16.1. The van der Waals surface area contributed by atoms with Gasteiger partial charge in [-0.15, -0.1) is 10.2 Å². The van der Waals surface area contributed by atoms with Crippen LogP contribution >= 0.6 is 0 Å². The van der Waals surface area contributed by atoms with Gasteiger partial charge in [0, 0.05) is 11.8 Å². The first-order valence-electron chi connectivity index (χ1n) is 7.83. The van der Waals surface area contributed by atoms with Gasteiger partial charge in [-0.05, 0) is 42.8 Å². The average molecular weight is 319 g/mol. The zero-order valence-corrected chi connectivity index (χ0v) is 13.3. The first kappa shape index (κ1) is 15.7. The number of fused-ring (bicyclic) bond motifs is 1. The van der Waals surface area contributed by atoms with Crippen LogP contribution in [-0.4, -0.2) is 20.5 Å². The largest absolute Gasteiger partial charge is 0.342 e. The Hall–Kier alpha value is -3.20. The lowest BCUT2D eigenvalue weighted by Gasteiger charge is -2.16. The fourth-order valence-corrected chi connectivity index (χ4v) is 2.59. The number of pyridine rings is 1. The molecule has 0 saturated heterocycles. The molecule has 0 aliphatic carbocycles. The summed E-state index contributed by atoms with van der Waals surface area (Å²) in [5, 5.41) is 20.3. The van der Waals surface area contributed by atoms with Crippen LogP contribution in [0.1, 0.15) is 47.6 Å². The Labute approximate surface area is 139 Å². The Kier molecular flexibility index (Phi) is 4.52. The molecule has 0 aliphatic rings. The van der Waals surface area contributed by atoms with E-state index in [9.17, 15) is 4.79 Å². The van der Waals surface area contributed by atoms with E-state index in [-0.39, 0.29) is 11.9 Å². The molecule has 0 saturated carbocycles. The lowest BCUT2D eigenvalue weighted by molar-refractivity contribution is 0.0932. The van der Waals surface area contributed by atoms with Gasteiger partial charge in [-0.1, -0.05) is 19.4 Å². The molecule has 0 spiro atoms. The molecule has 3 aromatic rings. The van der Waals surface area contributed by atoms with Gasteiger partial charge in [-0.3, -0.25) is 9.20 Å². The van der Waals surface area contributed by atoms with Gasteiger partial charge < -0.3 is 5.32 Å². The molecule has 3 rings (SSSR count). The summed E-state index contributed by atoms with van der Waals surface area (Å²) in [5.74, 6) is 0.528. The van der Waals surface area contributed by atoms with Gasteiger partial charge in [0.05, 0.1) is 17.7 Å². The van der Waals surface area contributed by atoms with Crippen molar-refractivity contribution >= 4 is 11.6 Å². The van der Waals surface area contributed by atoms with Crippen LogP contribution < -0.4 is 5.32 Å². The van der Waals surface area contributed by atoms with Gasteiger partial charge in [0.25, 0.3) is 5.91 Å². The van der Waals surface area contributed by atoms with Crippen molar-refractivity contribution in [3.05, 3.63) is 65.6 Å². The highest BCUT2D eigenvalue weighted by Crippen LogP contribution is 2.18. The molecule has 6 heteroatoms. The van der Waals surface area contributed by atoms with E-state index >= 15 is 0 Å². The second-order valence-electron chi connectivity index (χ2n) is 5.49. The molecule has 1 amide bonds. The summed E-state index contributed by atoms with van der Waals surface area (Å²) in [6.07, 6.45) is 3.55. The van der Waals surface area contributed by atoms with E-state index in [0.29, 0.717) is 11.1 Å². The third kappa shape index (κ3) is 3.10. The molecule has 0 fully saturated rings. The normalized spacial score (nSPS) is 11.8. The Balaban J connectivity index is 1.85. The third-order valence-electron chi connectivity index (χ3n) is 3.81. The van der Waals surface area contributed by atoms with E-state index in [4.69, 9.17) is 5.26 Å². The highest BCUT2D eigenvalue weighted by molar-refractivity contribution is 5.94. The van der Waals surface area contributed by atoms with E-state index in [1.54, 1.807) is 24.3 Å². The quantitative estimate of drug-likeness (QED) is 0.784. The number of nitrogens with one attached hydrogen (secondary N) is 1. The standard InChI is InChI=1S/C18H17N5O/c1-2-5-15(17-22-21-16-6-3-4-11-23(16)17)20-18(24)14-9-7-13(12-19)8-10-14/h3-4,6-11,15H,2,5H2,1H3,(H,20,24)/t15-/m0/s1. The van der Waals surface area contributed by atoms with Gasteiger partial charge in [-0.2, -0.15) is 5.26 Å². The summed E-state index contributed by atoms with van der Waals surface area (Å²) in [5.41, 5.74) is 1.80. The minimum atomic E-state index is -0.226. The van der Waals surface area contributed by atoms with Gasteiger partial charge in [0.15, 0.2) is 11.5 Å². The smallest absolute Gasteiger partial charge is 0.251 e. The molecular formula is C18H17N5O. The maximum atomic E-state index is 12.5. The minimum absolute atomic E-state index is 0.189. The van der Waals surface area contributed by atoms with Crippen LogP contribution in [0.15, 0.2) is 48.7 Å².